The molecule has 0 saturated heterocycles. The predicted molar refractivity (Wildman–Crippen MR) is 74.9 cm³/mol. The van der Waals surface area contributed by atoms with E-state index in [1.165, 1.54) is 5.56 Å². The lowest BCUT2D eigenvalue weighted by atomic mass is 10.1. The third kappa shape index (κ3) is 2.14. The Hall–Kier alpha value is -2.11. The highest BCUT2D eigenvalue weighted by Gasteiger charge is 2.32. The molecule has 0 saturated carbocycles. The van der Waals surface area contributed by atoms with Crippen LogP contribution in [0.15, 0.2) is 34.8 Å². The molecule has 1 aromatic rings. The summed E-state index contributed by atoms with van der Waals surface area (Å²) < 4.78 is 1.82. The number of fused-ring (bicyclic) bond motifs is 1. The van der Waals surface area contributed by atoms with Crippen molar-refractivity contribution in [2.24, 2.45) is 17.0 Å². The standard InChI is InChI=1S/C13H18N6/c1-9(2)17-12-13-15-7-11(19(13)5-4-14-12)10-6-16-18(3)8-10/h4-6,8-9,11H,7H2,1-3H3,(H,14,17). The molecule has 1 N–H and O–H groups in total. The van der Waals surface area contributed by atoms with Crippen molar-refractivity contribution in [2.45, 2.75) is 25.9 Å². The third-order valence-corrected chi connectivity index (χ3v) is 3.16. The molecule has 0 spiro atoms. The Labute approximate surface area is 112 Å². The smallest absolute Gasteiger partial charge is 0.171 e. The van der Waals surface area contributed by atoms with Crippen LogP contribution >= 0.6 is 0 Å². The van der Waals surface area contributed by atoms with E-state index >= 15 is 0 Å². The van der Waals surface area contributed by atoms with Crippen molar-refractivity contribution in [1.29, 1.82) is 0 Å². The fraction of sp³-hybridized carbons (Fsp3) is 0.462. The number of nitrogens with zero attached hydrogens (tertiary/aromatic N) is 5. The Morgan fingerprint density at radius 1 is 1.47 bits per heavy atom. The van der Waals surface area contributed by atoms with Crippen LogP contribution in [0.2, 0.25) is 0 Å². The average molecular weight is 258 g/mol. The summed E-state index contributed by atoms with van der Waals surface area (Å²) in [6, 6.07) is 0.468. The summed E-state index contributed by atoms with van der Waals surface area (Å²) in [6.45, 7) is 4.86. The molecule has 0 aliphatic carbocycles. The summed E-state index contributed by atoms with van der Waals surface area (Å²) >= 11 is 0. The van der Waals surface area contributed by atoms with E-state index in [1.54, 1.807) is 0 Å². The fourth-order valence-corrected chi connectivity index (χ4v) is 2.35. The summed E-state index contributed by atoms with van der Waals surface area (Å²) in [5.41, 5.74) is 1.18. The summed E-state index contributed by atoms with van der Waals surface area (Å²) in [5, 5.41) is 7.41. The number of rotatable bonds is 2. The second-order valence-electron chi connectivity index (χ2n) is 5.07. The van der Waals surface area contributed by atoms with Gasteiger partial charge in [0, 0.05) is 37.2 Å². The summed E-state index contributed by atoms with van der Waals surface area (Å²) in [4.78, 5) is 11.4. The van der Waals surface area contributed by atoms with Crippen molar-refractivity contribution in [3.8, 4) is 0 Å². The van der Waals surface area contributed by atoms with Crippen molar-refractivity contribution in [3.63, 3.8) is 0 Å². The lowest BCUT2D eigenvalue weighted by Gasteiger charge is -2.27. The van der Waals surface area contributed by atoms with E-state index in [2.05, 4.69) is 39.1 Å². The molecule has 1 unspecified atom stereocenters. The van der Waals surface area contributed by atoms with Crippen LogP contribution in [0.1, 0.15) is 25.5 Å². The van der Waals surface area contributed by atoms with Crippen molar-refractivity contribution < 1.29 is 0 Å². The molecule has 0 bridgehead atoms. The molecular formula is C13H18N6. The molecule has 1 aromatic heterocycles. The molecule has 2 aliphatic heterocycles. The minimum absolute atomic E-state index is 0.222. The van der Waals surface area contributed by atoms with Gasteiger partial charge in [-0.1, -0.05) is 0 Å². The van der Waals surface area contributed by atoms with Gasteiger partial charge in [0.1, 0.15) is 0 Å². The minimum atomic E-state index is 0.222. The molecule has 100 valence electrons. The summed E-state index contributed by atoms with van der Waals surface area (Å²) in [5.74, 6) is 1.77. The van der Waals surface area contributed by atoms with Crippen LogP contribution in [0.5, 0.6) is 0 Å². The van der Waals surface area contributed by atoms with Gasteiger partial charge in [0.25, 0.3) is 0 Å². The number of aromatic nitrogens is 2. The molecule has 6 nitrogen and oxygen atoms in total. The van der Waals surface area contributed by atoms with Crippen LogP contribution in [-0.2, 0) is 7.05 Å². The first-order valence-corrected chi connectivity index (χ1v) is 6.48. The van der Waals surface area contributed by atoms with Gasteiger partial charge >= 0.3 is 0 Å². The van der Waals surface area contributed by atoms with Gasteiger partial charge in [-0.15, -0.1) is 0 Å². The zero-order valence-electron chi connectivity index (χ0n) is 11.4. The highest BCUT2D eigenvalue weighted by molar-refractivity contribution is 6.41. The second kappa shape index (κ2) is 4.53. The number of nitrogens with one attached hydrogen (secondary N) is 1. The monoisotopic (exact) mass is 258 g/mol. The van der Waals surface area contributed by atoms with Gasteiger partial charge in [-0.25, -0.2) is 0 Å². The molecule has 6 heteroatoms. The van der Waals surface area contributed by atoms with Crippen molar-refractivity contribution in [2.75, 3.05) is 6.54 Å². The van der Waals surface area contributed by atoms with Crippen LogP contribution < -0.4 is 5.32 Å². The SMILES string of the molecule is CC(C)N=C1NC=CN2C1=NCC2c1cnn(C)c1. The van der Waals surface area contributed by atoms with E-state index in [0.717, 1.165) is 18.2 Å². The van der Waals surface area contributed by atoms with Crippen molar-refractivity contribution in [3.05, 3.63) is 30.4 Å². The molecule has 3 rings (SSSR count). The Morgan fingerprint density at radius 3 is 3.00 bits per heavy atom. The average Bonchev–Trinajstić information content (AvgIpc) is 2.94. The van der Waals surface area contributed by atoms with E-state index in [1.807, 2.05) is 36.5 Å². The number of aryl methyl sites for hydroxylation is 1. The maximum atomic E-state index is 4.62. The van der Waals surface area contributed by atoms with Gasteiger partial charge in [0.05, 0.1) is 18.8 Å². The first-order chi connectivity index (χ1) is 9.15. The molecular weight excluding hydrogens is 240 g/mol. The number of hydrogen-bond acceptors (Lipinski definition) is 4. The van der Waals surface area contributed by atoms with E-state index in [9.17, 15) is 0 Å². The number of hydrogen-bond donors (Lipinski definition) is 1. The Morgan fingerprint density at radius 2 is 2.32 bits per heavy atom. The molecule has 0 radical (unpaired) electrons. The molecule has 0 aromatic carbocycles. The zero-order chi connectivity index (χ0) is 13.4. The van der Waals surface area contributed by atoms with Gasteiger partial charge in [-0.2, -0.15) is 5.10 Å². The Bertz CT molecular complexity index is 565. The van der Waals surface area contributed by atoms with E-state index in [0.29, 0.717) is 0 Å². The topological polar surface area (TPSA) is 57.8 Å². The van der Waals surface area contributed by atoms with Crippen LogP contribution in [0.25, 0.3) is 0 Å². The Balaban J connectivity index is 1.89. The highest BCUT2D eigenvalue weighted by Crippen LogP contribution is 2.28. The van der Waals surface area contributed by atoms with Crippen LogP contribution in [0.3, 0.4) is 0 Å². The van der Waals surface area contributed by atoms with Gasteiger partial charge < -0.3 is 10.2 Å². The van der Waals surface area contributed by atoms with E-state index in [4.69, 9.17) is 0 Å². The number of amidine groups is 2. The first kappa shape index (κ1) is 12.0. The number of aliphatic imine (C=N–C) groups is 2. The van der Waals surface area contributed by atoms with Crippen LogP contribution in [0, 0.1) is 0 Å². The molecule has 0 fully saturated rings. The van der Waals surface area contributed by atoms with Crippen LogP contribution in [-0.4, -0.2) is 38.9 Å². The van der Waals surface area contributed by atoms with Gasteiger partial charge in [-0.05, 0) is 13.8 Å². The summed E-state index contributed by atoms with van der Waals surface area (Å²) in [6.07, 6.45) is 7.87. The molecule has 1 atom stereocenters. The summed E-state index contributed by atoms with van der Waals surface area (Å²) in [7, 11) is 1.93. The van der Waals surface area contributed by atoms with E-state index in [-0.39, 0.29) is 12.1 Å². The maximum absolute atomic E-state index is 4.62. The van der Waals surface area contributed by atoms with Crippen molar-refractivity contribution in [1.82, 2.24) is 20.0 Å². The normalized spacial score (nSPS) is 23.8. The lowest BCUT2D eigenvalue weighted by Crippen LogP contribution is -2.41. The molecule has 0 amide bonds. The molecule has 19 heavy (non-hydrogen) atoms. The lowest BCUT2D eigenvalue weighted by molar-refractivity contribution is 0.455. The quantitative estimate of drug-likeness (QED) is 0.863. The van der Waals surface area contributed by atoms with E-state index < -0.39 is 0 Å². The van der Waals surface area contributed by atoms with Crippen LogP contribution in [0.4, 0.5) is 0 Å². The highest BCUT2D eigenvalue weighted by atomic mass is 15.3. The van der Waals surface area contributed by atoms with Gasteiger partial charge in [0.2, 0.25) is 0 Å². The van der Waals surface area contributed by atoms with Gasteiger partial charge in [0.15, 0.2) is 11.7 Å². The fourth-order valence-electron chi connectivity index (χ4n) is 2.35. The molecule has 2 aliphatic rings. The Kier molecular flexibility index (Phi) is 2.85. The van der Waals surface area contributed by atoms with Gasteiger partial charge in [-0.3, -0.25) is 14.7 Å². The maximum Gasteiger partial charge on any atom is 0.171 e. The zero-order valence-corrected chi connectivity index (χ0v) is 11.4. The second-order valence-corrected chi connectivity index (χ2v) is 5.07. The molecule has 3 heterocycles. The first-order valence-electron chi connectivity index (χ1n) is 6.48. The largest absolute Gasteiger partial charge is 0.342 e. The minimum Gasteiger partial charge on any atom is -0.342 e. The third-order valence-electron chi connectivity index (χ3n) is 3.16. The predicted octanol–water partition coefficient (Wildman–Crippen LogP) is 1.06. The van der Waals surface area contributed by atoms with Crippen molar-refractivity contribution >= 4 is 11.7 Å².